The number of hydrogen-bond acceptors (Lipinski definition) is 3. The molecule has 1 atom stereocenters. The molecule has 1 unspecified atom stereocenters. The summed E-state index contributed by atoms with van der Waals surface area (Å²) in [5.41, 5.74) is 1.22. The zero-order chi connectivity index (χ0) is 14.7. The largest absolute Gasteiger partial charge is 0.326 e. The number of nitrogens with one attached hydrogen (secondary N) is 1. The van der Waals surface area contributed by atoms with Gasteiger partial charge in [-0.05, 0) is 30.7 Å². The molecule has 1 aromatic rings. The molecular weight excluding hydrogens is 256 g/mol. The van der Waals surface area contributed by atoms with Gasteiger partial charge in [0.25, 0.3) is 0 Å². The van der Waals surface area contributed by atoms with Crippen LogP contribution in [0, 0.1) is 5.92 Å². The highest BCUT2D eigenvalue weighted by molar-refractivity contribution is 6.20. The Kier molecular flexibility index (Phi) is 4.17. The molecular formula is C15H18N2O3. The van der Waals surface area contributed by atoms with E-state index >= 15 is 0 Å². The Morgan fingerprint density at radius 3 is 2.40 bits per heavy atom. The normalized spacial score (nSPS) is 18.5. The van der Waals surface area contributed by atoms with Gasteiger partial charge in [0.15, 0.2) is 0 Å². The summed E-state index contributed by atoms with van der Waals surface area (Å²) in [6, 6.07) is 6.75. The number of carbonyl (C=O) groups is 3. The molecule has 2 rings (SSSR count). The lowest BCUT2D eigenvalue weighted by Crippen LogP contribution is -2.30. The number of imide groups is 1. The molecule has 1 N–H and O–H groups in total. The predicted octanol–water partition coefficient (Wildman–Crippen LogP) is 2.32. The Balaban J connectivity index is 2.16. The summed E-state index contributed by atoms with van der Waals surface area (Å²) in [5.74, 6) is -0.575. The summed E-state index contributed by atoms with van der Waals surface area (Å²) in [7, 11) is 0. The van der Waals surface area contributed by atoms with Crippen molar-refractivity contribution in [3.63, 3.8) is 0 Å². The van der Waals surface area contributed by atoms with Gasteiger partial charge in [0.1, 0.15) is 0 Å². The standard InChI is InChI=1S/C15H18N2O3/c1-3-10-9-14(19)17(15(10)20)12-7-5-11(6-8-12)16-13(18)4-2/h5-8,10H,3-4,9H2,1-2H3,(H,16,18). The number of rotatable bonds is 4. The number of amides is 3. The summed E-state index contributed by atoms with van der Waals surface area (Å²) in [6.07, 6.45) is 1.36. The van der Waals surface area contributed by atoms with Crippen LogP contribution in [-0.4, -0.2) is 17.7 Å². The number of hydrogen-bond donors (Lipinski definition) is 1. The zero-order valence-corrected chi connectivity index (χ0v) is 11.7. The Morgan fingerprint density at radius 2 is 1.90 bits per heavy atom. The van der Waals surface area contributed by atoms with Gasteiger partial charge in [0.05, 0.1) is 5.69 Å². The van der Waals surface area contributed by atoms with Crippen LogP contribution in [0.15, 0.2) is 24.3 Å². The van der Waals surface area contributed by atoms with Crippen molar-refractivity contribution in [3.8, 4) is 0 Å². The third-order valence-electron chi connectivity index (χ3n) is 3.46. The first kappa shape index (κ1) is 14.2. The Bertz CT molecular complexity index is 537. The van der Waals surface area contributed by atoms with Crippen molar-refractivity contribution in [1.82, 2.24) is 0 Å². The van der Waals surface area contributed by atoms with E-state index in [4.69, 9.17) is 0 Å². The van der Waals surface area contributed by atoms with Crippen LogP contribution in [0.4, 0.5) is 11.4 Å². The maximum atomic E-state index is 12.1. The van der Waals surface area contributed by atoms with Crippen LogP contribution >= 0.6 is 0 Å². The lowest BCUT2D eigenvalue weighted by molar-refractivity contribution is -0.122. The smallest absolute Gasteiger partial charge is 0.237 e. The van der Waals surface area contributed by atoms with E-state index < -0.39 is 0 Å². The first-order valence-electron chi connectivity index (χ1n) is 6.83. The second kappa shape index (κ2) is 5.86. The van der Waals surface area contributed by atoms with Crippen LogP contribution in [0.1, 0.15) is 33.1 Å². The monoisotopic (exact) mass is 274 g/mol. The van der Waals surface area contributed by atoms with Gasteiger partial charge in [-0.25, -0.2) is 0 Å². The highest BCUT2D eigenvalue weighted by Crippen LogP contribution is 2.28. The minimum atomic E-state index is -0.207. The predicted molar refractivity (Wildman–Crippen MR) is 76.3 cm³/mol. The number of nitrogens with zero attached hydrogens (tertiary/aromatic N) is 1. The molecule has 0 radical (unpaired) electrons. The van der Waals surface area contributed by atoms with Crippen LogP contribution in [-0.2, 0) is 14.4 Å². The lowest BCUT2D eigenvalue weighted by atomic mass is 10.1. The van der Waals surface area contributed by atoms with Crippen LogP contribution in [0.5, 0.6) is 0 Å². The van der Waals surface area contributed by atoms with Crippen molar-refractivity contribution in [2.45, 2.75) is 33.1 Å². The quantitative estimate of drug-likeness (QED) is 0.857. The Labute approximate surface area is 118 Å². The van der Waals surface area contributed by atoms with Gasteiger partial charge >= 0.3 is 0 Å². The van der Waals surface area contributed by atoms with Gasteiger partial charge in [-0.3, -0.25) is 19.3 Å². The minimum absolute atomic E-state index is 0.0721. The van der Waals surface area contributed by atoms with Crippen LogP contribution in [0.2, 0.25) is 0 Å². The number of carbonyl (C=O) groups excluding carboxylic acids is 3. The average Bonchev–Trinajstić information content (AvgIpc) is 2.74. The molecule has 0 aliphatic carbocycles. The Hall–Kier alpha value is -2.17. The fraction of sp³-hybridized carbons (Fsp3) is 0.400. The molecule has 0 aromatic heterocycles. The molecule has 1 saturated heterocycles. The van der Waals surface area contributed by atoms with Crippen molar-refractivity contribution in [1.29, 1.82) is 0 Å². The zero-order valence-electron chi connectivity index (χ0n) is 11.7. The second-order valence-electron chi connectivity index (χ2n) is 4.83. The molecule has 1 fully saturated rings. The summed E-state index contributed by atoms with van der Waals surface area (Å²) in [4.78, 5) is 36.5. The van der Waals surface area contributed by atoms with Crippen molar-refractivity contribution in [2.75, 3.05) is 10.2 Å². The summed E-state index contributed by atoms with van der Waals surface area (Å²) >= 11 is 0. The van der Waals surface area contributed by atoms with E-state index in [1.807, 2.05) is 6.92 Å². The number of anilines is 2. The molecule has 106 valence electrons. The molecule has 5 nitrogen and oxygen atoms in total. The van der Waals surface area contributed by atoms with Gasteiger partial charge in [0, 0.05) is 24.4 Å². The fourth-order valence-electron chi connectivity index (χ4n) is 2.23. The van der Waals surface area contributed by atoms with Crippen molar-refractivity contribution in [3.05, 3.63) is 24.3 Å². The highest BCUT2D eigenvalue weighted by Gasteiger charge is 2.38. The molecule has 0 saturated carbocycles. The van der Waals surface area contributed by atoms with Gasteiger partial charge in [0.2, 0.25) is 17.7 Å². The van der Waals surface area contributed by atoms with Gasteiger partial charge in [-0.1, -0.05) is 13.8 Å². The third-order valence-corrected chi connectivity index (χ3v) is 3.46. The highest BCUT2D eigenvalue weighted by atomic mass is 16.2. The Morgan fingerprint density at radius 1 is 1.25 bits per heavy atom. The molecule has 20 heavy (non-hydrogen) atoms. The van der Waals surface area contributed by atoms with E-state index in [0.717, 1.165) is 0 Å². The SMILES string of the molecule is CCC(=O)Nc1ccc(N2C(=O)CC(CC)C2=O)cc1. The van der Waals surface area contributed by atoms with Crippen LogP contribution in [0.25, 0.3) is 0 Å². The average molecular weight is 274 g/mol. The van der Waals surface area contributed by atoms with Crippen LogP contribution in [0.3, 0.4) is 0 Å². The van der Waals surface area contributed by atoms with Gasteiger partial charge in [-0.15, -0.1) is 0 Å². The van der Waals surface area contributed by atoms with Gasteiger partial charge in [-0.2, -0.15) is 0 Å². The van der Waals surface area contributed by atoms with Gasteiger partial charge < -0.3 is 5.32 Å². The fourth-order valence-corrected chi connectivity index (χ4v) is 2.23. The molecule has 1 heterocycles. The topological polar surface area (TPSA) is 66.5 Å². The van der Waals surface area contributed by atoms with Crippen molar-refractivity contribution in [2.24, 2.45) is 5.92 Å². The summed E-state index contributed by atoms with van der Waals surface area (Å²) in [6.45, 7) is 3.68. The van der Waals surface area contributed by atoms with Crippen molar-refractivity contribution >= 4 is 29.1 Å². The second-order valence-corrected chi connectivity index (χ2v) is 4.83. The van der Waals surface area contributed by atoms with E-state index in [0.29, 0.717) is 24.2 Å². The first-order chi connectivity index (χ1) is 9.56. The minimum Gasteiger partial charge on any atom is -0.326 e. The van der Waals surface area contributed by atoms with E-state index in [1.54, 1.807) is 31.2 Å². The van der Waals surface area contributed by atoms with E-state index in [1.165, 1.54) is 4.90 Å². The molecule has 0 bridgehead atoms. The molecule has 3 amide bonds. The molecule has 1 aromatic carbocycles. The molecule has 1 aliphatic rings. The molecule has 1 aliphatic heterocycles. The summed E-state index contributed by atoms with van der Waals surface area (Å²) in [5, 5.41) is 2.72. The summed E-state index contributed by atoms with van der Waals surface area (Å²) < 4.78 is 0. The van der Waals surface area contributed by atoms with Crippen molar-refractivity contribution < 1.29 is 14.4 Å². The maximum absolute atomic E-state index is 12.1. The van der Waals surface area contributed by atoms with E-state index in [-0.39, 0.29) is 30.1 Å². The number of benzene rings is 1. The third kappa shape index (κ3) is 2.71. The van der Waals surface area contributed by atoms with Crippen LogP contribution < -0.4 is 10.2 Å². The lowest BCUT2D eigenvalue weighted by Gasteiger charge is -2.15. The van der Waals surface area contributed by atoms with E-state index in [2.05, 4.69) is 5.32 Å². The van der Waals surface area contributed by atoms with E-state index in [9.17, 15) is 14.4 Å². The molecule has 5 heteroatoms. The molecule has 0 spiro atoms. The first-order valence-corrected chi connectivity index (χ1v) is 6.83. The maximum Gasteiger partial charge on any atom is 0.237 e.